The van der Waals surface area contributed by atoms with Crippen LogP contribution in [-0.2, 0) is 21.1 Å². The summed E-state index contributed by atoms with van der Waals surface area (Å²) in [4.78, 5) is 16.4. The molecule has 0 bridgehead atoms. The highest BCUT2D eigenvalue weighted by Crippen LogP contribution is 2.20. The van der Waals surface area contributed by atoms with Gasteiger partial charge in [0.05, 0.1) is 11.3 Å². The Hall–Kier alpha value is -2.48. The maximum atomic E-state index is 13.3. The molecule has 27 heavy (non-hydrogen) atoms. The molecule has 0 unspecified atom stereocenters. The molecule has 2 aromatic carbocycles. The molecule has 0 N–H and O–H groups in total. The Morgan fingerprint density at radius 3 is 2.04 bits per heavy atom. The SMILES string of the molecule is CS(=O)(=O)c1ccc(N2CCN(C(=O)Cc3cc(F)cc(F)c3)CC2)cc1. The minimum atomic E-state index is -3.23. The van der Waals surface area contributed by atoms with Crippen molar-refractivity contribution in [3.63, 3.8) is 0 Å². The largest absolute Gasteiger partial charge is 0.368 e. The van der Waals surface area contributed by atoms with Crippen molar-refractivity contribution in [2.45, 2.75) is 11.3 Å². The first kappa shape index (κ1) is 19.3. The van der Waals surface area contributed by atoms with E-state index in [0.717, 1.165) is 18.0 Å². The summed E-state index contributed by atoms with van der Waals surface area (Å²) < 4.78 is 49.6. The first-order valence-corrected chi connectivity index (χ1v) is 10.4. The number of sulfone groups is 1. The van der Waals surface area contributed by atoms with Gasteiger partial charge in [0, 0.05) is 44.2 Å². The molecule has 0 spiro atoms. The monoisotopic (exact) mass is 394 g/mol. The van der Waals surface area contributed by atoms with Crippen LogP contribution in [0.3, 0.4) is 0 Å². The molecule has 0 aromatic heterocycles. The Balaban J connectivity index is 1.59. The zero-order valence-electron chi connectivity index (χ0n) is 14.9. The number of nitrogens with zero attached hydrogens (tertiary/aromatic N) is 2. The van der Waals surface area contributed by atoms with Gasteiger partial charge in [-0.3, -0.25) is 4.79 Å². The molecule has 0 radical (unpaired) electrons. The van der Waals surface area contributed by atoms with E-state index in [0.29, 0.717) is 31.7 Å². The molecular formula is C19H20F2N2O3S. The molecule has 2 aromatic rings. The van der Waals surface area contributed by atoms with Gasteiger partial charge in [0.1, 0.15) is 11.6 Å². The Morgan fingerprint density at radius 1 is 0.963 bits per heavy atom. The van der Waals surface area contributed by atoms with Gasteiger partial charge >= 0.3 is 0 Å². The van der Waals surface area contributed by atoms with Crippen LogP contribution in [0.1, 0.15) is 5.56 Å². The molecule has 0 saturated carbocycles. The highest BCUT2D eigenvalue weighted by atomic mass is 32.2. The van der Waals surface area contributed by atoms with Crippen LogP contribution < -0.4 is 4.90 Å². The van der Waals surface area contributed by atoms with Gasteiger partial charge in [0.2, 0.25) is 5.91 Å². The van der Waals surface area contributed by atoms with E-state index in [1.807, 2.05) is 0 Å². The van der Waals surface area contributed by atoms with Crippen molar-refractivity contribution in [1.82, 2.24) is 4.90 Å². The zero-order chi connectivity index (χ0) is 19.6. The summed E-state index contributed by atoms with van der Waals surface area (Å²) in [5.74, 6) is -1.56. The van der Waals surface area contributed by atoms with Crippen LogP contribution in [-0.4, -0.2) is 51.7 Å². The quantitative estimate of drug-likeness (QED) is 0.798. The van der Waals surface area contributed by atoms with E-state index < -0.39 is 21.5 Å². The predicted octanol–water partition coefficient (Wildman–Crippen LogP) is 2.26. The van der Waals surface area contributed by atoms with Crippen LogP contribution in [0.2, 0.25) is 0 Å². The van der Waals surface area contributed by atoms with Gasteiger partial charge in [-0.25, -0.2) is 17.2 Å². The molecule has 5 nitrogen and oxygen atoms in total. The van der Waals surface area contributed by atoms with E-state index in [9.17, 15) is 22.0 Å². The maximum absolute atomic E-state index is 13.3. The topological polar surface area (TPSA) is 57.7 Å². The number of halogens is 2. The molecule has 1 heterocycles. The lowest BCUT2D eigenvalue weighted by molar-refractivity contribution is -0.130. The number of anilines is 1. The highest BCUT2D eigenvalue weighted by molar-refractivity contribution is 7.90. The van der Waals surface area contributed by atoms with Crippen LogP contribution in [0.4, 0.5) is 14.5 Å². The number of rotatable bonds is 4. The first-order chi connectivity index (χ1) is 12.7. The minimum absolute atomic E-state index is 0.0439. The molecule has 8 heteroatoms. The molecule has 1 fully saturated rings. The summed E-state index contributed by atoms with van der Waals surface area (Å²) in [5.41, 5.74) is 1.21. The number of piperazine rings is 1. The van der Waals surface area contributed by atoms with Crippen molar-refractivity contribution in [3.8, 4) is 0 Å². The summed E-state index contributed by atoms with van der Waals surface area (Å²) in [5, 5.41) is 0. The number of hydrogen-bond donors (Lipinski definition) is 0. The van der Waals surface area contributed by atoms with Gasteiger partial charge in [0.25, 0.3) is 0 Å². The van der Waals surface area contributed by atoms with E-state index in [-0.39, 0.29) is 17.2 Å². The summed E-state index contributed by atoms with van der Waals surface area (Å²) in [6.07, 6.45) is 1.12. The van der Waals surface area contributed by atoms with Gasteiger partial charge in [-0.1, -0.05) is 0 Å². The Kier molecular flexibility index (Phi) is 5.46. The molecule has 1 aliphatic rings. The third-order valence-electron chi connectivity index (χ3n) is 4.54. The maximum Gasteiger partial charge on any atom is 0.227 e. The lowest BCUT2D eigenvalue weighted by Gasteiger charge is -2.36. The summed E-state index contributed by atoms with van der Waals surface area (Å²) in [6, 6.07) is 9.76. The predicted molar refractivity (Wildman–Crippen MR) is 98.4 cm³/mol. The molecule has 0 atom stereocenters. The minimum Gasteiger partial charge on any atom is -0.368 e. The van der Waals surface area contributed by atoms with Gasteiger partial charge in [-0.15, -0.1) is 0 Å². The third-order valence-corrected chi connectivity index (χ3v) is 5.67. The fourth-order valence-corrected chi connectivity index (χ4v) is 3.75. The lowest BCUT2D eigenvalue weighted by atomic mass is 10.1. The number of amides is 1. The van der Waals surface area contributed by atoms with E-state index >= 15 is 0 Å². The molecule has 144 valence electrons. The van der Waals surface area contributed by atoms with E-state index in [1.165, 1.54) is 12.1 Å². The van der Waals surface area contributed by atoms with Gasteiger partial charge < -0.3 is 9.80 Å². The molecule has 1 aliphatic heterocycles. The van der Waals surface area contributed by atoms with Crippen molar-refractivity contribution < 1.29 is 22.0 Å². The third kappa shape index (κ3) is 4.82. The second-order valence-electron chi connectivity index (χ2n) is 6.59. The van der Waals surface area contributed by atoms with Crippen molar-refractivity contribution in [2.75, 3.05) is 37.3 Å². The van der Waals surface area contributed by atoms with E-state index in [4.69, 9.17) is 0 Å². The van der Waals surface area contributed by atoms with Crippen LogP contribution in [0.25, 0.3) is 0 Å². The van der Waals surface area contributed by atoms with Crippen LogP contribution in [0.15, 0.2) is 47.4 Å². The Labute approximate surface area is 157 Å². The number of carbonyl (C=O) groups is 1. The average Bonchev–Trinajstić information content (AvgIpc) is 2.60. The van der Waals surface area contributed by atoms with E-state index in [1.54, 1.807) is 29.2 Å². The number of hydrogen-bond acceptors (Lipinski definition) is 4. The molecule has 3 rings (SSSR count). The van der Waals surface area contributed by atoms with Crippen LogP contribution in [0, 0.1) is 11.6 Å². The van der Waals surface area contributed by atoms with E-state index in [2.05, 4.69) is 4.90 Å². The molecule has 1 amide bonds. The Bertz CT molecular complexity index is 918. The fraction of sp³-hybridized carbons (Fsp3) is 0.316. The van der Waals surface area contributed by atoms with Crippen LogP contribution in [0.5, 0.6) is 0 Å². The van der Waals surface area contributed by atoms with Crippen molar-refractivity contribution >= 4 is 21.4 Å². The standard InChI is InChI=1S/C19H20F2N2O3S/c1-27(25,26)18-4-2-17(3-5-18)22-6-8-23(9-7-22)19(24)12-14-10-15(20)13-16(21)11-14/h2-5,10-11,13H,6-9,12H2,1H3. The zero-order valence-corrected chi connectivity index (χ0v) is 15.7. The normalized spacial score (nSPS) is 15.1. The highest BCUT2D eigenvalue weighted by Gasteiger charge is 2.22. The van der Waals surface area contributed by atoms with Gasteiger partial charge in [-0.05, 0) is 42.0 Å². The number of benzene rings is 2. The smallest absolute Gasteiger partial charge is 0.227 e. The van der Waals surface area contributed by atoms with Gasteiger partial charge in [-0.2, -0.15) is 0 Å². The molecular weight excluding hydrogens is 374 g/mol. The van der Waals surface area contributed by atoms with Crippen molar-refractivity contribution in [2.24, 2.45) is 0 Å². The summed E-state index contributed by atoms with van der Waals surface area (Å²) >= 11 is 0. The molecule has 1 saturated heterocycles. The van der Waals surface area contributed by atoms with Gasteiger partial charge in [0.15, 0.2) is 9.84 Å². The lowest BCUT2D eigenvalue weighted by Crippen LogP contribution is -2.49. The summed E-state index contributed by atoms with van der Waals surface area (Å²) in [7, 11) is -3.23. The van der Waals surface area contributed by atoms with Crippen molar-refractivity contribution in [3.05, 3.63) is 59.7 Å². The Morgan fingerprint density at radius 2 is 1.52 bits per heavy atom. The first-order valence-electron chi connectivity index (χ1n) is 8.50. The van der Waals surface area contributed by atoms with Crippen molar-refractivity contribution in [1.29, 1.82) is 0 Å². The second-order valence-corrected chi connectivity index (χ2v) is 8.60. The fourth-order valence-electron chi connectivity index (χ4n) is 3.12. The average molecular weight is 394 g/mol. The second kappa shape index (κ2) is 7.64. The molecule has 0 aliphatic carbocycles. The van der Waals surface area contributed by atoms with Crippen LogP contribution >= 0.6 is 0 Å². The number of carbonyl (C=O) groups excluding carboxylic acids is 1. The summed E-state index contributed by atoms with van der Waals surface area (Å²) in [6.45, 7) is 2.18.